The third-order valence-corrected chi connectivity index (χ3v) is 3.79. The fourth-order valence-electron chi connectivity index (χ4n) is 1.65. The number of carbonyl (C=O) groups is 1. The Balaban J connectivity index is 2.75. The Labute approximate surface area is 84.1 Å². The Morgan fingerprint density at radius 2 is 2.00 bits per heavy atom. The Kier molecular flexibility index (Phi) is 3.16. The zero-order valence-corrected chi connectivity index (χ0v) is 9.37. The van der Waals surface area contributed by atoms with E-state index in [0.29, 0.717) is 6.54 Å². The van der Waals surface area contributed by atoms with Gasteiger partial charge < -0.3 is 4.74 Å². The normalized spacial score (nSPS) is 29.1. The lowest BCUT2D eigenvalue weighted by Crippen LogP contribution is -2.29. The highest BCUT2D eigenvalue weighted by atomic mass is 32.2. The summed E-state index contributed by atoms with van der Waals surface area (Å²) in [7, 11) is -1.87. The highest BCUT2D eigenvalue weighted by Gasteiger charge is 2.39. The number of carbonyl (C=O) groups excluding carboxylic acids is 1. The third kappa shape index (κ3) is 2.24. The van der Waals surface area contributed by atoms with Crippen LogP contribution in [0.2, 0.25) is 0 Å². The predicted octanol–water partition coefficient (Wildman–Crippen LogP) is -0.313. The summed E-state index contributed by atoms with van der Waals surface area (Å²) in [6, 6.07) is 0. The second kappa shape index (κ2) is 3.86. The summed E-state index contributed by atoms with van der Waals surface area (Å²) >= 11 is 0. The lowest BCUT2D eigenvalue weighted by atomic mass is 9.99. The summed E-state index contributed by atoms with van der Waals surface area (Å²) < 4.78 is 28.3. The van der Waals surface area contributed by atoms with E-state index in [-0.39, 0.29) is 24.3 Å². The molecule has 1 aliphatic rings. The summed E-state index contributed by atoms with van der Waals surface area (Å²) in [5, 5.41) is 0. The van der Waals surface area contributed by atoms with Crippen molar-refractivity contribution in [1.82, 2.24) is 4.31 Å². The number of sulfonamides is 1. The average molecular weight is 221 g/mol. The molecule has 0 aromatic carbocycles. The number of methoxy groups -OCH3 is 1. The van der Waals surface area contributed by atoms with Crippen molar-refractivity contribution < 1.29 is 17.9 Å². The molecule has 1 heterocycles. The largest absolute Gasteiger partial charge is 0.469 e. The van der Waals surface area contributed by atoms with Crippen molar-refractivity contribution in [2.24, 2.45) is 11.8 Å². The van der Waals surface area contributed by atoms with Gasteiger partial charge in [-0.25, -0.2) is 12.7 Å². The van der Waals surface area contributed by atoms with Crippen molar-refractivity contribution >= 4 is 16.0 Å². The van der Waals surface area contributed by atoms with Gasteiger partial charge in [-0.1, -0.05) is 6.92 Å². The van der Waals surface area contributed by atoms with Crippen LogP contribution in [0.3, 0.4) is 0 Å². The monoisotopic (exact) mass is 221 g/mol. The smallest absolute Gasteiger partial charge is 0.310 e. The van der Waals surface area contributed by atoms with Gasteiger partial charge in [0.15, 0.2) is 0 Å². The molecule has 82 valence electrons. The molecule has 14 heavy (non-hydrogen) atoms. The molecule has 1 aliphatic heterocycles. The van der Waals surface area contributed by atoms with E-state index in [1.54, 1.807) is 0 Å². The molecule has 2 unspecified atom stereocenters. The molecular weight excluding hydrogens is 206 g/mol. The van der Waals surface area contributed by atoms with Crippen molar-refractivity contribution in [2.75, 3.05) is 26.5 Å². The van der Waals surface area contributed by atoms with Crippen LogP contribution in [0.4, 0.5) is 0 Å². The second-order valence-electron chi connectivity index (χ2n) is 3.69. The molecular formula is C8H15NO4S. The van der Waals surface area contributed by atoms with Crippen LogP contribution in [0.25, 0.3) is 0 Å². The summed E-state index contributed by atoms with van der Waals surface area (Å²) in [5.41, 5.74) is 0. The summed E-state index contributed by atoms with van der Waals surface area (Å²) in [5.74, 6) is -0.629. The molecule has 0 spiro atoms. The third-order valence-electron chi connectivity index (χ3n) is 2.55. The first kappa shape index (κ1) is 11.5. The van der Waals surface area contributed by atoms with E-state index >= 15 is 0 Å². The maximum atomic E-state index is 11.3. The van der Waals surface area contributed by atoms with Gasteiger partial charge in [0, 0.05) is 13.1 Å². The predicted molar refractivity (Wildman–Crippen MR) is 51.1 cm³/mol. The van der Waals surface area contributed by atoms with Crippen LogP contribution < -0.4 is 0 Å². The van der Waals surface area contributed by atoms with Crippen LogP contribution >= 0.6 is 0 Å². The number of rotatable bonds is 2. The quantitative estimate of drug-likeness (QED) is 0.600. The van der Waals surface area contributed by atoms with Crippen molar-refractivity contribution in [3.05, 3.63) is 0 Å². The van der Waals surface area contributed by atoms with Crippen LogP contribution in [0, 0.1) is 11.8 Å². The average Bonchev–Trinajstić information content (AvgIpc) is 2.45. The van der Waals surface area contributed by atoms with Gasteiger partial charge in [0.05, 0.1) is 19.3 Å². The molecule has 0 N–H and O–H groups in total. The van der Waals surface area contributed by atoms with Crippen molar-refractivity contribution in [1.29, 1.82) is 0 Å². The van der Waals surface area contributed by atoms with E-state index in [1.807, 2.05) is 6.92 Å². The molecule has 0 aromatic rings. The maximum Gasteiger partial charge on any atom is 0.310 e. The number of hydrogen-bond donors (Lipinski definition) is 0. The highest BCUT2D eigenvalue weighted by molar-refractivity contribution is 7.88. The van der Waals surface area contributed by atoms with Crippen molar-refractivity contribution in [2.45, 2.75) is 6.92 Å². The Bertz CT molecular complexity index is 324. The van der Waals surface area contributed by atoms with Gasteiger partial charge in [-0.15, -0.1) is 0 Å². The minimum atomic E-state index is -3.18. The molecule has 0 amide bonds. The first-order valence-corrected chi connectivity index (χ1v) is 6.24. The van der Waals surface area contributed by atoms with Gasteiger partial charge in [0.1, 0.15) is 0 Å². The zero-order chi connectivity index (χ0) is 10.9. The van der Waals surface area contributed by atoms with E-state index < -0.39 is 10.0 Å². The molecule has 5 nitrogen and oxygen atoms in total. The van der Waals surface area contributed by atoms with Gasteiger partial charge in [-0.05, 0) is 5.92 Å². The lowest BCUT2D eigenvalue weighted by molar-refractivity contribution is -0.145. The Morgan fingerprint density at radius 3 is 2.36 bits per heavy atom. The number of hydrogen-bond acceptors (Lipinski definition) is 4. The molecule has 0 saturated carbocycles. The van der Waals surface area contributed by atoms with E-state index in [9.17, 15) is 13.2 Å². The maximum absolute atomic E-state index is 11.3. The van der Waals surface area contributed by atoms with Crippen molar-refractivity contribution in [3.63, 3.8) is 0 Å². The van der Waals surface area contributed by atoms with Gasteiger partial charge in [0.25, 0.3) is 0 Å². The molecule has 0 aromatic heterocycles. The SMILES string of the molecule is COC(=O)C1CN(S(C)(=O)=O)CC1C. The van der Waals surface area contributed by atoms with E-state index in [4.69, 9.17) is 0 Å². The number of esters is 1. The standard InChI is InChI=1S/C8H15NO4S/c1-6-4-9(14(3,11)12)5-7(6)8(10)13-2/h6-7H,4-5H2,1-3H3. The van der Waals surface area contributed by atoms with Crippen LogP contribution in [-0.2, 0) is 19.6 Å². The molecule has 1 rings (SSSR count). The van der Waals surface area contributed by atoms with Crippen LogP contribution in [0.5, 0.6) is 0 Å². The number of nitrogens with zero attached hydrogens (tertiary/aromatic N) is 1. The Morgan fingerprint density at radius 1 is 1.43 bits per heavy atom. The lowest BCUT2D eigenvalue weighted by Gasteiger charge is -2.11. The summed E-state index contributed by atoms with van der Waals surface area (Å²) in [6.07, 6.45) is 1.15. The minimum Gasteiger partial charge on any atom is -0.469 e. The van der Waals surface area contributed by atoms with E-state index in [1.165, 1.54) is 11.4 Å². The molecule has 6 heteroatoms. The van der Waals surface area contributed by atoms with Gasteiger partial charge in [-0.3, -0.25) is 4.79 Å². The van der Waals surface area contributed by atoms with E-state index in [0.717, 1.165) is 6.26 Å². The van der Waals surface area contributed by atoms with Crippen LogP contribution in [0.1, 0.15) is 6.92 Å². The van der Waals surface area contributed by atoms with E-state index in [2.05, 4.69) is 4.74 Å². The van der Waals surface area contributed by atoms with Crippen molar-refractivity contribution in [3.8, 4) is 0 Å². The van der Waals surface area contributed by atoms with Gasteiger partial charge >= 0.3 is 5.97 Å². The molecule has 1 saturated heterocycles. The molecule has 0 aliphatic carbocycles. The minimum absolute atomic E-state index is 0.0252. The fraction of sp³-hybridized carbons (Fsp3) is 0.875. The fourth-order valence-corrected chi connectivity index (χ4v) is 2.59. The second-order valence-corrected chi connectivity index (χ2v) is 5.67. The van der Waals surface area contributed by atoms with Gasteiger partial charge in [0.2, 0.25) is 10.0 Å². The van der Waals surface area contributed by atoms with Crippen LogP contribution in [-0.4, -0.2) is 45.1 Å². The highest BCUT2D eigenvalue weighted by Crippen LogP contribution is 2.25. The van der Waals surface area contributed by atoms with Gasteiger partial charge in [-0.2, -0.15) is 0 Å². The summed E-state index contributed by atoms with van der Waals surface area (Å²) in [4.78, 5) is 11.3. The Hall–Kier alpha value is -0.620. The topological polar surface area (TPSA) is 63.7 Å². The molecule has 0 bridgehead atoms. The van der Waals surface area contributed by atoms with Crippen LogP contribution in [0.15, 0.2) is 0 Å². The number of ether oxygens (including phenoxy) is 1. The first-order chi connectivity index (χ1) is 6.36. The zero-order valence-electron chi connectivity index (χ0n) is 8.56. The molecule has 2 atom stereocenters. The molecule has 0 radical (unpaired) electrons. The summed E-state index contributed by atoms with van der Waals surface area (Å²) in [6.45, 7) is 2.50. The molecule has 1 fully saturated rings. The first-order valence-electron chi connectivity index (χ1n) is 4.39.